The van der Waals surface area contributed by atoms with Crippen molar-refractivity contribution in [1.29, 1.82) is 0 Å². The molecule has 0 aromatic heterocycles. The molecule has 0 aliphatic carbocycles. The Labute approximate surface area is 187 Å². The number of nitrogens with zero attached hydrogens (tertiary/aromatic N) is 2. The van der Waals surface area contributed by atoms with Crippen molar-refractivity contribution >= 4 is 23.3 Å². The van der Waals surface area contributed by atoms with Crippen molar-refractivity contribution < 1.29 is 9.59 Å². The average Bonchev–Trinajstić information content (AvgIpc) is 3.33. The zero-order valence-corrected chi connectivity index (χ0v) is 17.8. The number of hydrogen-bond donors (Lipinski definition) is 3. The van der Waals surface area contributed by atoms with Crippen molar-refractivity contribution in [3.05, 3.63) is 96.1 Å². The van der Waals surface area contributed by atoms with E-state index in [4.69, 9.17) is 5.73 Å². The molecule has 1 fully saturated rings. The fraction of sp³-hybridized carbons (Fsp3) is 0.200. The molecule has 1 atom stereocenters. The van der Waals surface area contributed by atoms with Gasteiger partial charge in [-0.05, 0) is 41.8 Å². The monoisotopic (exact) mass is 429 g/mol. The van der Waals surface area contributed by atoms with E-state index in [9.17, 15) is 9.59 Å². The number of carbonyl (C=O) groups is 2. The highest BCUT2D eigenvalue weighted by Gasteiger charge is 2.33. The quantitative estimate of drug-likeness (QED) is 0.524. The zero-order chi connectivity index (χ0) is 22.3. The second-order valence-electron chi connectivity index (χ2n) is 7.69. The Morgan fingerprint density at radius 2 is 1.53 bits per heavy atom. The summed E-state index contributed by atoms with van der Waals surface area (Å²) < 4.78 is 0. The molecule has 7 heteroatoms. The molecule has 3 aromatic carbocycles. The van der Waals surface area contributed by atoms with Crippen LogP contribution < -0.4 is 21.4 Å². The molecule has 1 heterocycles. The first-order chi connectivity index (χ1) is 15.6. The summed E-state index contributed by atoms with van der Waals surface area (Å²) in [5.41, 5.74) is 9.00. The van der Waals surface area contributed by atoms with Crippen molar-refractivity contribution in [2.24, 2.45) is 0 Å². The molecular weight excluding hydrogens is 402 g/mol. The number of rotatable bonds is 6. The second-order valence-corrected chi connectivity index (χ2v) is 7.69. The van der Waals surface area contributed by atoms with Gasteiger partial charge in [0.1, 0.15) is 6.04 Å². The number of hydrazine groups is 1. The van der Waals surface area contributed by atoms with Gasteiger partial charge in [-0.1, -0.05) is 60.7 Å². The maximum atomic E-state index is 13.6. The van der Waals surface area contributed by atoms with E-state index < -0.39 is 12.1 Å². The SMILES string of the molecule is Nc1ccc(CNC(=O)NC(C(=O)N2CCCN2c2ccccc2)c2ccccc2)cc1. The molecule has 1 saturated heterocycles. The summed E-state index contributed by atoms with van der Waals surface area (Å²) in [7, 11) is 0. The molecule has 4 rings (SSSR count). The van der Waals surface area contributed by atoms with Gasteiger partial charge in [-0.3, -0.25) is 14.8 Å². The summed E-state index contributed by atoms with van der Waals surface area (Å²) in [5.74, 6) is -0.166. The summed E-state index contributed by atoms with van der Waals surface area (Å²) >= 11 is 0. The lowest BCUT2D eigenvalue weighted by atomic mass is 10.1. The van der Waals surface area contributed by atoms with Gasteiger partial charge in [0.15, 0.2) is 0 Å². The summed E-state index contributed by atoms with van der Waals surface area (Å²) in [6, 6.07) is 25.2. The molecule has 0 spiro atoms. The van der Waals surface area contributed by atoms with Crippen LogP contribution in [0, 0.1) is 0 Å². The molecule has 3 amide bonds. The fourth-order valence-corrected chi connectivity index (χ4v) is 3.79. The van der Waals surface area contributed by atoms with Gasteiger partial charge >= 0.3 is 6.03 Å². The number of hydrogen-bond acceptors (Lipinski definition) is 4. The number of carbonyl (C=O) groups excluding carboxylic acids is 2. The summed E-state index contributed by atoms with van der Waals surface area (Å²) in [4.78, 5) is 26.3. The molecule has 0 radical (unpaired) electrons. The highest BCUT2D eigenvalue weighted by atomic mass is 16.2. The van der Waals surface area contributed by atoms with Crippen molar-refractivity contribution in [2.75, 3.05) is 23.8 Å². The normalized spacial score (nSPS) is 14.1. The third-order valence-corrected chi connectivity index (χ3v) is 5.43. The van der Waals surface area contributed by atoms with E-state index >= 15 is 0 Å². The van der Waals surface area contributed by atoms with Gasteiger partial charge in [0, 0.05) is 25.3 Å². The number of nitrogens with two attached hydrogens (primary N) is 1. The first-order valence-corrected chi connectivity index (χ1v) is 10.7. The number of nitrogens with one attached hydrogen (secondary N) is 2. The van der Waals surface area contributed by atoms with Crippen molar-refractivity contribution in [3.63, 3.8) is 0 Å². The molecule has 32 heavy (non-hydrogen) atoms. The van der Waals surface area contributed by atoms with Crippen LogP contribution in [-0.4, -0.2) is 30.0 Å². The lowest BCUT2D eigenvalue weighted by Crippen LogP contribution is -2.49. The maximum Gasteiger partial charge on any atom is 0.315 e. The Bertz CT molecular complexity index is 1040. The lowest BCUT2D eigenvalue weighted by molar-refractivity contribution is -0.132. The predicted molar refractivity (Wildman–Crippen MR) is 126 cm³/mol. The molecule has 0 bridgehead atoms. The van der Waals surface area contributed by atoms with E-state index in [-0.39, 0.29) is 5.91 Å². The number of para-hydroxylation sites is 1. The summed E-state index contributed by atoms with van der Waals surface area (Å²) in [6.45, 7) is 1.69. The number of amides is 3. The first kappa shape index (κ1) is 21.2. The van der Waals surface area contributed by atoms with E-state index in [1.165, 1.54) is 0 Å². The number of urea groups is 1. The smallest absolute Gasteiger partial charge is 0.315 e. The average molecular weight is 430 g/mol. The van der Waals surface area contributed by atoms with Crippen molar-refractivity contribution in [1.82, 2.24) is 15.6 Å². The largest absolute Gasteiger partial charge is 0.399 e. The van der Waals surface area contributed by atoms with E-state index in [0.29, 0.717) is 18.8 Å². The Morgan fingerprint density at radius 3 is 2.22 bits per heavy atom. The van der Waals surface area contributed by atoms with Crippen LogP contribution in [0.15, 0.2) is 84.9 Å². The standard InChI is InChI=1S/C25H27N5O2/c26-21-14-12-19(13-15-21)18-27-25(32)28-23(20-8-3-1-4-9-20)24(31)30-17-7-16-29(30)22-10-5-2-6-11-22/h1-6,8-15,23H,7,16-18,26H2,(H2,27,28,32). The predicted octanol–water partition coefficient (Wildman–Crippen LogP) is 3.46. The van der Waals surface area contributed by atoms with Gasteiger partial charge in [-0.2, -0.15) is 0 Å². The molecular formula is C25H27N5O2. The van der Waals surface area contributed by atoms with Crippen LogP contribution in [0.1, 0.15) is 23.6 Å². The molecule has 1 aliphatic heterocycles. The van der Waals surface area contributed by atoms with Crippen LogP contribution in [0.4, 0.5) is 16.2 Å². The molecule has 164 valence electrons. The van der Waals surface area contributed by atoms with Crippen LogP contribution in [0.5, 0.6) is 0 Å². The third-order valence-electron chi connectivity index (χ3n) is 5.43. The molecule has 1 aliphatic rings. The van der Waals surface area contributed by atoms with Crippen LogP contribution in [0.25, 0.3) is 0 Å². The highest BCUT2D eigenvalue weighted by Crippen LogP contribution is 2.25. The van der Waals surface area contributed by atoms with Gasteiger partial charge in [0.25, 0.3) is 5.91 Å². The van der Waals surface area contributed by atoms with Crippen LogP contribution >= 0.6 is 0 Å². The van der Waals surface area contributed by atoms with E-state index in [2.05, 4.69) is 10.6 Å². The Morgan fingerprint density at radius 1 is 0.875 bits per heavy atom. The van der Waals surface area contributed by atoms with Gasteiger partial charge < -0.3 is 16.4 Å². The first-order valence-electron chi connectivity index (χ1n) is 10.7. The van der Waals surface area contributed by atoms with Crippen molar-refractivity contribution in [3.8, 4) is 0 Å². The molecule has 0 saturated carbocycles. The number of anilines is 2. The van der Waals surface area contributed by atoms with E-state index in [1.807, 2.05) is 77.8 Å². The Hall–Kier alpha value is -4.00. The minimum atomic E-state index is -0.799. The summed E-state index contributed by atoms with van der Waals surface area (Å²) in [6.07, 6.45) is 0.867. The van der Waals surface area contributed by atoms with Gasteiger partial charge in [-0.25, -0.2) is 4.79 Å². The second kappa shape index (κ2) is 9.87. The number of benzene rings is 3. The topological polar surface area (TPSA) is 90.7 Å². The fourth-order valence-electron chi connectivity index (χ4n) is 3.79. The van der Waals surface area contributed by atoms with Crippen LogP contribution in [0.3, 0.4) is 0 Å². The molecule has 7 nitrogen and oxygen atoms in total. The summed E-state index contributed by atoms with van der Waals surface area (Å²) in [5, 5.41) is 9.41. The molecule has 1 unspecified atom stereocenters. The number of nitrogen functional groups attached to an aromatic ring is 1. The Balaban J connectivity index is 1.49. The lowest BCUT2D eigenvalue weighted by Gasteiger charge is -2.33. The van der Waals surface area contributed by atoms with E-state index in [1.54, 1.807) is 17.1 Å². The van der Waals surface area contributed by atoms with E-state index in [0.717, 1.165) is 29.8 Å². The van der Waals surface area contributed by atoms with Gasteiger partial charge in [-0.15, -0.1) is 0 Å². The highest BCUT2D eigenvalue weighted by molar-refractivity contribution is 5.89. The maximum absolute atomic E-state index is 13.6. The minimum absolute atomic E-state index is 0.166. The minimum Gasteiger partial charge on any atom is -0.399 e. The van der Waals surface area contributed by atoms with Crippen LogP contribution in [-0.2, 0) is 11.3 Å². The Kier molecular flexibility index (Phi) is 6.55. The van der Waals surface area contributed by atoms with Crippen molar-refractivity contribution in [2.45, 2.75) is 19.0 Å². The zero-order valence-electron chi connectivity index (χ0n) is 17.8. The van der Waals surface area contributed by atoms with Gasteiger partial charge in [0.05, 0.1) is 5.69 Å². The third kappa shape index (κ3) is 5.00. The molecule has 3 aromatic rings. The van der Waals surface area contributed by atoms with Gasteiger partial charge in [0.2, 0.25) is 0 Å². The molecule has 4 N–H and O–H groups in total. The van der Waals surface area contributed by atoms with Crippen LogP contribution in [0.2, 0.25) is 0 Å².